The molecule has 1 aliphatic carbocycles. The summed E-state index contributed by atoms with van der Waals surface area (Å²) in [5.41, 5.74) is 4.52. The van der Waals surface area contributed by atoms with Crippen molar-refractivity contribution >= 4 is 17.3 Å². The quantitative estimate of drug-likeness (QED) is 0.791. The number of anilines is 2. The van der Waals surface area contributed by atoms with Crippen LogP contribution >= 0.6 is 0 Å². The van der Waals surface area contributed by atoms with Crippen molar-refractivity contribution in [2.45, 2.75) is 25.8 Å². The third-order valence-electron chi connectivity index (χ3n) is 5.06. The summed E-state index contributed by atoms with van der Waals surface area (Å²) in [5.74, 6) is -0.419. The Hall–Kier alpha value is -2.82. The molecule has 0 saturated carbocycles. The van der Waals surface area contributed by atoms with Crippen LogP contribution in [0.5, 0.6) is 0 Å². The van der Waals surface area contributed by atoms with Gasteiger partial charge in [-0.25, -0.2) is 9.18 Å². The van der Waals surface area contributed by atoms with Gasteiger partial charge in [0, 0.05) is 11.6 Å². The van der Waals surface area contributed by atoms with Crippen LogP contribution in [0.3, 0.4) is 0 Å². The van der Waals surface area contributed by atoms with Crippen molar-refractivity contribution in [1.29, 1.82) is 0 Å². The van der Waals surface area contributed by atoms with Crippen molar-refractivity contribution < 1.29 is 13.9 Å². The minimum Gasteiger partial charge on any atom is -0.463 e. The number of hydrogen-bond acceptors (Lipinski definition) is 4. The van der Waals surface area contributed by atoms with Crippen LogP contribution < -0.4 is 10.6 Å². The number of carbonyl (C=O) groups excluding carboxylic acids is 1. The zero-order valence-electron chi connectivity index (χ0n) is 14.6. The fourth-order valence-electron chi connectivity index (χ4n) is 3.85. The van der Waals surface area contributed by atoms with Gasteiger partial charge in [-0.15, -0.1) is 0 Å². The van der Waals surface area contributed by atoms with Crippen LogP contribution in [0.25, 0.3) is 0 Å². The van der Waals surface area contributed by atoms with Crippen molar-refractivity contribution in [2.24, 2.45) is 5.92 Å². The van der Waals surface area contributed by atoms with Gasteiger partial charge in [0.2, 0.25) is 0 Å². The van der Waals surface area contributed by atoms with Crippen LogP contribution in [0.15, 0.2) is 59.8 Å². The first-order chi connectivity index (χ1) is 12.7. The molecule has 2 aromatic carbocycles. The number of carbonyl (C=O) groups is 1. The van der Waals surface area contributed by atoms with Crippen LogP contribution in [0.4, 0.5) is 15.8 Å². The van der Waals surface area contributed by atoms with Crippen molar-refractivity contribution in [3.63, 3.8) is 0 Å². The highest BCUT2D eigenvalue weighted by Gasteiger charge is 2.38. The predicted molar refractivity (Wildman–Crippen MR) is 99.2 cm³/mol. The van der Waals surface area contributed by atoms with Crippen LogP contribution in [-0.2, 0) is 9.53 Å². The van der Waals surface area contributed by atoms with Gasteiger partial charge in [0.1, 0.15) is 5.82 Å². The third kappa shape index (κ3) is 2.94. The largest absolute Gasteiger partial charge is 0.463 e. The number of esters is 1. The van der Waals surface area contributed by atoms with Crippen LogP contribution in [0.2, 0.25) is 0 Å². The summed E-state index contributed by atoms with van der Waals surface area (Å²) >= 11 is 0. The van der Waals surface area contributed by atoms with Gasteiger partial charge >= 0.3 is 5.97 Å². The number of fused-ring (bicyclic) bond motifs is 2. The Kier molecular flexibility index (Phi) is 4.37. The molecule has 4 rings (SSSR count). The van der Waals surface area contributed by atoms with Crippen molar-refractivity contribution in [3.8, 4) is 0 Å². The Morgan fingerprint density at radius 3 is 2.62 bits per heavy atom. The zero-order chi connectivity index (χ0) is 18.1. The van der Waals surface area contributed by atoms with E-state index in [1.807, 2.05) is 31.2 Å². The second-order valence-corrected chi connectivity index (χ2v) is 6.60. The molecule has 2 aliphatic rings. The maximum absolute atomic E-state index is 13.4. The van der Waals surface area contributed by atoms with E-state index in [-0.39, 0.29) is 23.7 Å². The first-order valence-corrected chi connectivity index (χ1v) is 8.95. The second kappa shape index (κ2) is 6.83. The van der Waals surface area contributed by atoms with Crippen LogP contribution in [0, 0.1) is 11.7 Å². The maximum atomic E-state index is 13.4. The number of hydrogen-bond donors (Lipinski definition) is 2. The van der Waals surface area contributed by atoms with Crippen LogP contribution in [-0.4, -0.2) is 12.6 Å². The van der Waals surface area contributed by atoms with Crippen molar-refractivity contribution in [2.75, 3.05) is 17.2 Å². The molecule has 4 nitrogen and oxygen atoms in total. The summed E-state index contributed by atoms with van der Waals surface area (Å²) in [6, 6.07) is 14.4. The lowest BCUT2D eigenvalue weighted by Gasteiger charge is -2.25. The van der Waals surface area contributed by atoms with E-state index in [1.54, 1.807) is 12.1 Å². The van der Waals surface area contributed by atoms with E-state index < -0.39 is 0 Å². The minimum atomic E-state index is -0.255. The molecule has 0 amide bonds. The molecule has 0 spiro atoms. The highest BCUT2D eigenvalue weighted by atomic mass is 19.1. The molecule has 0 fully saturated rings. The van der Waals surface area contributed by atoms with Crippen molar-refractivity contribution in [1.82, 2.24) is 0 Å². The van der Waals surface area contributed by atoms with Gasteiger partial charge in [0.05, 0.1) is 29.6 Å². The predicted octanol–water partition coefficient (Wildman–Crippen LogP) is 4.63. The fourth-order valence-corrected chi connectivity index (χ4v) is 3.85. The van der Waals surface area contributed by atoms with E-state index >= 15 is 0 Å². The smallest absolute Gasteiger partial charge is 0.335 e. The number of rotatable bonds is 3. The van der Waals surface area contributed by atoms with Gasteiger partial charge in [-0.05, 0) is 49.6 Å². The van der Waals surface area contributed by atoms with Gasteiger partial charge in [0.15, 0.2) is 0 Å². The highest BCUT2D eigenvalue weighted by Crippen LogP contribution is 2.46. The Balaban J connectivity index is 1.80. The van der Waals surface area contributed by atoms with Crippen molar-refractivity contribution in [3.05, 3.63) is 71.2 Å². The molecule has 0 radical (unpaired) electrons. The lowest BCUT2D eigenvalue weighted by molar-refractivity contribution is -0.138. The zero-order valence-corrected chi connectivity index (χ0v) is 14.6. The molecule has 5 heteroatoms. The first kappa shape index (κ1) is 16.6. The molecule has 0 unspecified atom stereocenters. The Labute approximate surface area is 152 Å². The van der Waals surface area contributed by atoms with Gasteiger partial charge in [0.25, 0.3) is 0 Å². The van der Waals surface area contributed by atoms with E-state index in [9.17, 15) is 9.18 Å². The lowest BCUT2D eigenvalue weighted by atomic mass is 9.90. The summed E-state index contributed by atoms with van der Waals surface area (Å²) in [6.45, 7) is 2.17. The number of benzene rings is 2. The van der Waals surface area contributed by atoms with E-state index in [0.717, 1.165) is 29.1 Å². The molecular weight excluding hydrogens is 331 g/mol. The van der Waals surface area contributed by atoms with Gasteiger partial charge in [-0.3, -0.25) is 0 Å². The average Bonchev–Trinajstić information content (AvgIpc) is 2.98. The number of ether oxygens (including phenoxy) is 1. The summed E-state index contributed by atoms with van der Waals surface area (Å²) in [6.07, 6.45) is 1.51. The molecule has 26 heavy (non-hydrogen) atoms. The number of nitrogens with one attached hydrogen (secondary N) is 2. The monoisotopic (exact) mass is 352 g/mol. The molecule has 0 saturated heterocycles. The lowest BCUT2D eigenvalue weighted by Crippen LogP contribution is -2.21. The fraction of sp³-hybridized carbons (Fsp3) is 0.286. The molecule has 2 N–H and O–H groups in total. The second-order valence-electron chi connectivity index (χ2n) is 6.60. The maximum Gasteiger partial charge on any atom is 0.335 e. The summed E-state index contributed by atoms with van der Waals surface area (Å²) in [4.78, 5) is 12.4. The molecule has 134 valence electrons. The van der Waals surface area contributed by atoms with Gasteiger partial charge in [-0.1, -0.05) is 24.3 Å². The normalized spacial score (nSPS) is 21.2. The Morgan fingerprint density at radius 1 is 1.15 bits per heavy atom. The van der Waals surface area contributed by atoms with E-state index in [2.05, 4.69) is 10.6 Å². The topological polar surface area (TPSA) is 50.4 Å². The summed E-state index contributed by atoms with van der Waals surface area (Å²) in [7, 11) is 0. The van der Waals surface area contributed by atoms with Gasteiger partial charge in [-0.2, -0.15) is 0 Å². The number of halogens is 1. The Bertz CT molecular complexity index is 861. The van der Waals surface area contributed by atoms with E-state index in [0.29, 0.717) is 18.6 Å². The molecule has 2 atom stereocenters. The first-order valence-electron chi connectivity index (χ1n) is 8.95. The minimum absolute atomic E-state index is 0.0475. The molecular formula is C21H21FN2O2. The van der Waals surface area contributed by atoms with Crippen LogP contribution in [0.1, 0.15) is 31.4 Å². The SMILES string of the molecule is CCOC(=O)C1=C2Nc3ccccc3N[C@@H](c3ccc(F)cc3)[C@H]2CC1. The number of para-hydroxylation sites is 2. The van der Waals surface area contributed by atoms with E-state index in [4.69, 9.17) is 4.74 Å². The summed E-state index contributed by atoms with van der Waals surface area (Å²) in [5, 5.41) is 7.05. The highest BCUT2D eigenvalue weighted by molar-refractivity contribution is 5.91. The van der Waals surface area contributed by atoms with Gasteiger partial charge < -0.3 is 15.4 Å². The molecule has 1 heterocycles. The molecule has 0 bridgehead atoms. The van der Waals surface area contributed by atoms with E-state index in [1.165, 1.54) is 12.1 Å². The third-order valence-corrected chi connectivity index (χ3v) is 5.06. The average molecular weight is 352 g/mol. The molecule has 1 aliphatic heterocycles. The Morgan fingerprint density at radius 2 is 1.88 bits per heavy atom. The molecule has 2 aromatic rings. The summed E-state index contributed by atoms with van der Waals surface area (Å²) < 4.78 is 18.6. The standard InChI is InChI=1S/C21H21FN2O2/c1-2-26-21(25)16-12-11-15-19(13-7-9-14(22)10-8-13)23-17-5-3-4-6-18(17)24-20(15)16/h3-10,15,19,23-24H,2,11-12H2,1H3/t15-,19+/m1/s1. The molecule has 0 aromatic heterocycles.